The molecule has 1 aromatic heterocycles. The number of benzene rings is 8. The molecule has 250 valence electrons. The molecule has 1 nitrogen and oxygen atoms in total. The third-order valence-corrected chi connectivity index (χ3v) is 12.8. The topological polar surface area (TPSA) is 3.24 Å². The van der Waals surface area contributed by atoms with Crippen LogP contribution in [0.4, 0.5) is 17.1 Å². The van der Waals surface area contributed by atoms with Crippen LogP contribution in [0.5, 0.6) is 0 Å². The third kappa shape index (κ3) is 4.43. The Morgan fingerprint density at radius 1 is 0.377 bits per heavy atom. The van der Waals surface area contributed by atoms with E-state index in [-0.39, 0.29) is 5.41 Å². The van der Waals surface area contributed by atoms with Gasteiger partial charge in [0.1, 0.15) is 0 Å². The standard InChI is InChI=1S/C51H35NS/c1-51(2)45-22-11-9-21-43(45)50-46(51)23-13-24-47(50)52(33-27-29-42-41-20-10-12-25-48(41)53-49(42)31-33)32-26-28-40-38-18-6-5-16-36(38)34-14-3-4-15-35(34)37-17-7-8-19-39(37)44(40)30-32/h3-31H,1-2H3. The summed E-state index contributed by atoms with van der Waals surface area (Å²) in [5.41, 5.74) is 18.8. The molecule has 0 N–H and O–H groups in total. The van der Waals surface area contributed by atoms with Crippen LogP contribution in [0.3, 0.4) is 0 Å². The quantitative estimate of drug-likeness (QED) is 0.178. The lowest BCUT2D eigenvalue weighted by atomic mass is 9.81. The van der Waals surface area contributed by atoms with E-state index in [1.807, 2.05) is 11.3 Å². The Balaban J connectivity index is 1.21. The van der Waals surface area contributed by atoms with Crippen molar-refractivity contribution < 1.29 is 0 Å². The van der Waals surface area contributed by atoms with Gasteiger partial charge in [0.25, 0.3) is 0 Å². The fourth-order valence-electron chi connectivity index (χ4n) is 9.19. The van der Waals surface area contributed by atoms with Crippen molar-refractivity contribution in [1.29, 1.82) is 0 Å². The first kappa shape index (κ1) is 30.4. The second-order valence-corrected chi connectivity index (χ2v) is 15.9. The summed E-state index contributed by atoms with van der Waals surface area (Å²) in [6, 6.07) is 65.6. The highest BCUT2D eigenvalue weighted by atomic mass is 32.1. The van der Waals surface area contributed by atoms with E-state index in [0.29, 0.717) is 0 Å². The van der Waals surface area contributed by atoms with Gasteiger partial charge in [-0.3, -0.25) is 0 Å². The highest BCUT2D eigenvalue weighted by Gasteiger charge is 2.38. The molecule has 0 aliphatic heterocycles. The molecule has 53 heavy (non-hydrogen) atoms. The van der Waals surface area contributed by atoms with Gasteiger partial charge in [0.05, 0.1) is 5.69 Å². The molecule has 8 aromatic carbocycles. The molecule has 2 heteroatoms. The molecule has 0 saturated heterocycles. The molecule has 0 saturated carbocycles. The van der Waals surface area contributed by atoms with E-state index >= 15 is 0 Å². The van der Waals surface area contributed by atoms with E-state index in [9.17, 15) is 0 Å². The van der Waals surface area contributed by atoms with Gasteiger partial charge in [-0.25, -0.2) is 0 Å². The third-order valence-electron chi connectivity index (χ3n) is 11.7. The molecular weight excluding hydrogens is 659 g/mol. The number of hydrogen-bond donors (Lipinski definition) is 0. The average Bonchev–Trinajstić information content (AvgIpc) is 3.69. The van der Waals surface area contributed by atoms with Crippen molar-refractivity contribution in [1.82, 2.24) is 0 Å². The Morgan fingerprint density at radius 2 is 0.868 bits per heavy atom. The summed E-state index contributed by atoms with van der Waals surface area (Å²) in [6.45, 7) is 4.74. The van der Waals surface area contributed by atoms with Gasteiger partial charge in [0.15, 0.2) is 0 Å². The van der Waals surface area contributed by atoms with Gasteiger partial charge in [-0.1, -0.05) is 153 Å². The Kier molecular flexibility index (Phi) is 6.53. The Labute approximate surface area is 314 Å². The highest BCUT2D eigenvalue weighted by molar-refractivity contribution is 7.25. The van der Waals surface area contributed by atoms with Gasteiger partial charge >= 0.3 is 0 Å². The number of fused-ring (bicyclic) bond motifs is 14. The van der Waals surface area contributed by atoms with Gasteiger partial charge in [-0.15, -0.1) is 11.3 Å². The number of thiophene rings is 1. The van der Waals surface area contributed by atoms with Crippen molar-refractivity contribution in [2.75, 3.05) is 4.90 Å². The average molecular weight is 694 g/mol. The predicted molar refractivity (Wildman–Crippen MR) is 227 cm³/mol. The number of hydrogen-bond acceptors (Lipinski definition) is 2. The van der Waals surface area contributed by atoms with Crippen LogP contribution >= 0.6 is 11.3 Å². The summed E-state index contributed by atoms with van der Waals surface area (Å²) in [6.07, 6.45) is 0. The highest BCUT2D eigenvalue weighted by Crippen LogP contribution is 2.55. The van der Waals surface area contributed by atoms with Gasteiger partial charge in [-0.05, 0) is 97.6 Å². The van der Waals surface area contributed by atoms with Crippen molar-refractivity contribution in [3.05, 3.63) is 187 Å². The minimum absolute atomic E-state index is 0.106. The molecule has 1 heterocycles. The summed E-state index contributed by atoms with van der Waals surface area (Å²) < 4.78 is 2.61. The molecule has 9 aromatic rings. The fourth-order valence-corrected chi connectivity index (χ4v) is 10.3. The molecular formula is C51H35NS. The summed E-state index contributed by atoms with van der Waals surface area (Å²) in [5.74, 6) is 0. The van der Waals surface area contributed by atoms with Crippen molar-refractivity contribution >= 4 is 48.6 Å². The van der Waals surface area contributed by atoms with Crippen molar-refractivity contribution in [3.8, 4) is 55.6 Å². The van der Waals surface area contributed by atoms with Crippen molar-refractivity contribution in [3.63, 3.8) is 0 Å². The van der Waals surface area contributed by atoms with Crippen LogP contribution in [0, 0.1) is 0 Å². The molecule has 0 fully saturated rings. The van der Waals surface area contributed by atoms with E-state index in [1.165, 1.54) is 92.6 Å². The maximum absolute atomic E-state index is 2.52. The predicted octanol–water partition coefficient (Wildman–Crippen LogP) is 14.8. The van der Waals surface area contributed by atoms with Crippen LogP contribution in [-0.2, 0) is 5.41 Å². The van der Waals surface area contributed by atoms with Crippen LogP contribution in [0.15, 0.2) is 176 Å². The molecule has 0 bridgehead atoms. The zero-order valence-electron chi connectivity index (χ0n) is 29.6. The molecule has 0 amide bonds. The normalized spacial score (nSPS) is 13.2. The molecule has 0 spiro atoms. The zero-order valence-corrected chi connectivity index (χ0v) is 30.4. The monoisotopic (exact) mass is 693 g/mol. The van der Waals surface area contributed by atoms with Crippen LogP contribution in [-0.4, -0.2) is 0 Å². The Bertz CT molecular complexity index is 2940. The molecule has 0 unspecified atom stereocenters. The Morgan fingerprint density at radius 3 is 1.55 bits per heavy atom. The smallest absolute Gasteiger partial charge is 0.0543 e. The lowest BCUT2D eigenvalue weighted by molar-refractivity contribution is 0.660. The summed E-state index contributed by atoms with van der Waals surface area (Å²) >= 11 is 1.88. The molecule has 2 aliphatic carbocycles. The number of rotatable bonds is 3. The second kappa shape index (κ2) is 11.4. The largest absolute Gasteiger partial charge is 0.310 e. The first-order valence-corrected chi connectivity index (χ1v) is 19.3. The van der Waals surface area contributed by atoms with Crippen LogP contribution in [0.1, 0.15) is 25.0 Å². The van der Waals surface area contributed by atoms with E-state index in [4.69, 9.17) is 0 Å². The maximum Gasteiger partial charge on any atom is 0.0543 e. The SMILES string of the molecule is CC1(C)c2ccccc2-c2c(N(c3ccc4c(c3)-c3ccccc3-c3ccccc3-c3ccccc3-4)c3ccc4c(c3)sc3ccccc34)cccc21. The van der Waals surface area contributed by atoms with Gasteiger partial charge in [0.2, 0.25) is 0 Å². The second-order valence-electron chi connectivity index (χ2n) is 14.9. The first-order chi connectivity index (χ1) is 26.1. The minimum Gasteiger partial charge on any atom is -0.310 e. The van der Waals surface area contributed by atoms with Crippen LogP contribution in [0.2, 0.25) is 0 Å². The van der Waals surface area contributed by atoms with Crippen LogP contribution < -0.4 is 4.90 Å². The summed E-state index contributed by atoms with van der Waals surface area (Å²) in [5, 5.41) is 2.62. The lowest BCUT2D eigenvalue weighted by Gasteiger charge is -2.30. The number of nitrogens with zero attached hydrogens (tertiary/aromatic N) is 1. The lowest BCUT2D eigenvalue weighted by Crippen LogP contribution is -2.16. The van der Waals surface area contributed by atoms with Gasteiger partial charge < -0.3 is 4.90 Å². The Hall–Kier alpha value is -6.22. The molecule has 0 radical (unpaired) electrons. The summed E-state index contributed by atoms with van der Waals surface area (Å²) in [7, 11) is 0. The minimum atomic E-state index is -0.106. The van der Waals surface area contributed by atoms with Gasteiger partial charge in [0, 0.05) is 42.5 Å². The van der Waals surface area contributed by atoms with Crippen molar-refractivity contribution in [2.24, 2.45) is 0 Å². The molecule has 0 atom stereocenters. The molecule has 2 aliphatic rings. The van der Waals surface area contributed by atoms with E-state index < -0.39 is 0 Å². The van der Waals surface area contributed by atoms with E-state index in [1.54, 1.807) is 0 Å². The molecule has 11 rings (SSSR count). The van der Waals surface area contributed by atoms with E-state index in [2.05, 4.69) is 195 Å². The first-order valence-electron chi connectivity index (χ1n) is 18.4. The zero-order chi connectivity index (χ0) is 35.3. The summed E-state index contributed by atoms with van der Waals surface area (Å²) in [4.78, 5) is 2.52. The van der Waals surface area contributed by atoms with Crippen molar-refractivity contribution in [2.45, 2.75) is 19.3 Å². The fraction of sp³-hybridized carbons (Fsp3) is 0.0588. The van der Waals surface area contributed by atoms with E-state index in [0.717, 1.165) is 11.4 Å². The maximum atomic E-state index is 2.52. The van der Waals surface area contributed by atoms with Crippen LogP contribution in [0.25, 0.3) is 75.8 Å². The number of anilines is 3. The van der Waals surface area contributed by atoms with Gasteiger partial charge in [-0.2, -0.15) is 0 Å².